The van der Waals surface area contributed by atoms with Gasteiger partial charge >= 0.3 is 0 Å². The van der Waals surface area contributed by atoms with Crippen LogP contribution in [0.5, 0.6) is 0 Å². The van der Waals surface area contributed by atoms with Crippen molar-refractivity contribution < 1.29 is 4.42 Å². The van der Waals surface area contributed by atoms with E-state index in [1.165, 1.54) is 12.8 Å². The summed E-state index contributed by atoms with van der Waals surface area (Å²) < 4.78 is 5.81. The lowest BCUT2D eigenvalue weighted by Crippen LogP contribution is -2.26. The topological polar surface area (TPSA) is 38.1 Å². The van der Waals surface area contributed by atoms with Gasteiger partial charge in [0, 0.05) is 5.41 Å². The summed E-state index contributed by atoms with van der Waals surface area (Å²) in [5.74, 6) is 1.84. The summed E-state index contributed by atoms with van der Waals surface area (Å²) in [4.78, 5) is 4.38. The summed E-state index contributed by atoms with van der Waals surface area (Å²) in [6, 6.07) is 0.329. The van der Waals surface area contributed by atoms with Crippen molar-refractivity contribution in [1.82, 2.24) is 10.3 Å². The maximum Gasteiger partial charge on any atom is 0.211 e. The number of nitrogens with zero attached hydrogens (tertiary/aromatic N) is 1. The third-order valence-electron chi connectivity index (χ3n) is 2.87. The third kappa shape index (κ3) is 2.40. The minimum Gasteiger partial charge on any atom is -0.443 e. The van der Waals surface area contributed by atoms with Gasteiger partial charge in [0.1, 0.15) is 5.76 Å². The molecule has 3 heteroatoms. The van der Waals surface area contributed by atoms with Gasteiger partial charge in [-0.1, -0.05) is 27.2 Å². The molecule has 1 atom stereocenters. The number of rotatable bonds is 1. The van der Waals surface area contributed by atoms with Crippen LogP contribution in [-0.4, -0.2) is 11.5 Å². The number of nitrogens with one attached hydrogen (secondary N) is 1. The van der Waals surface area contributed by atoms with Gasteiger partial charge in [0.15, 0.2) is 0 Å². The van der Waals surface area contributed by atoms with Crippen LogP contribution in [0.3, 0.4) is 0 Å². The Hall–Kier alpha value is -0.830. The SMILES string of the molecule is CC(C)(C)c1cnc(C2CCCCN2)o1. The molecule has 0 bridgehead atoms. The molecule has 1 saturated heterocycles. The maximum atomic E-state index is 5.81. The van der Waals surface area contributed by atoms with Crippen LogP contribution in [0.1, 0.15) is 57.7 Å². The van der Waals surface area contributed by atoms with Crippen LogP contribution in [0, 0.1) is 0 Å². The van der Waals surface area contributed by atoms with Gasteiger partial charge in [-0.05, 0) is 19.4 Å². The lowest BCUT2D eigenvalue weighted by molar-refractivity contribution is 0.310. The summed E-state index contributed by atoms with van der Waals surface area (Å²) in [7, 11) is 0. The molecule has 1 aliphatic rings. The first-order valence-corrected chi connectivity index (χ1v) is 5.77. The summed E-state index contributed by atoms with van der Waals surface area (Å²) in [5.41, 5.74) is 0.0555. The molecule has 0 radical (unpaired) electrons. The smallest absolute Gasteiger partial charge is 0.211 e. The van der Waals surface area contributed by atoms with Gasteiger partial charge in [0.25, 0.3) is 0 Å². The summed E-state index contributed by atoms with van der Waals surface area (Å²) in [6.07, 6.45) is 5.55. The zero-order valence-electron chi connectivity index (χ0n) is 9.84. The number of aromatic nitrogens is 1. The Kier molecular flexibility index (Phi) is 2.83. The van der Waals surface area contributed by atoms with Crippen molar-refractivity contribution in [2.45, 2.75) is 51.5 Å². The van der Waals surface area contributed by atoms with Crippen LogP contribution in [0.4, 0.5) is 0 Å². The minimum atomic E-state index is 0.0555. The second-order valence-electron chi connectivity index (χ2n) is 5.32. The largest absolute Gasteiger partial charge is 0.443 e. The van der Waals surface area contributed by atoms with E-state index >= 15 is 0 Å². The lowest BCUT2D eigenvalue weighted by Gasteiger charge is -2.20. The first-order chi connectivity index (χ1) is 7.07. The van der Waals surface area contributed by atoms with Gasteiger partial charge in [-0.15, -0.1) is 0 Å². The molecule has 3 nitrogen and oxygen atoms in total. The molecule has 0 aromatic carbocycles. The monoisotopic (exact) mass is 208 g/mol. The van der Waals surface area contributed by atoms with E-state index in [9.17, 15) is 0 Å². The number of hydrogen-bond donors (Lipinski definition) is 1. The van der Waals surface area contributed by atoms with Crippen LogP contribution in [0.15, 0.2) is 10.6 Å². The van der Waals surface area contributed by atoms with E-state index in [2.05, 4.69) is 31.1 Å². The van der Waals surface area contributed by atoms with Crippen molar-refractivity contribution >= 4 is 0 Å². The molecule has 15 heavy (non-hydrogen) atoms. The molecule has 1 N–H and O–H groups in total. The van der Waals surface area contributed by atoms with Crippen molar-refractivity contribution in [3.8, 4) is 0 Å². The molecule has 1 fully saturated rings. The highest BCUT2D eigenvalue weighted by molar-refractivity contribution is 5.07. The van der Waals surface area contributed by atoms with Crippen LogP contribution in [0.2, 0.25) is 0 Å². The van der Waals surface area contributed by atoms with E-state index in [1.807, 2.05) is 6.20 Å². The Morgan fingerprint density at radius 3 is 2.73 bits per heavy atom. The molecule has 0 aliphatic carbocycles. The normalized spacial score (nSPS) is 23.0. The first kappa shape index (κ1) is 10.7. The number of hydrogen-bond acceptors (Lipinski definition) is 3. The molecule has 1 unspecified atom stereocenters. The highest BCUT2D eigenvalue weighted by Crippen LogP contribution is 2.27. The van der Waals surface area contributed by atoms with Gasteiger partial charge in [-0.3, -0.25) is 0 Å². The van der Waals surface area contributed by atoms with Crippen molar-refractivity contribution in [2.75, 3.05) is 6.54 Å². The lowest BCUT2D eigenvalue weighted by atomic mass is 9.94. The van der Waals surface area contributed by atoms with E-state index in [0.717, 1.165) is 24.6 Å². The fourth-order valence-corrected chi connectivity index (χ4v) is 1.86. The number of piperidine rings is 1. The van der Waals surface area contributed by atoms with E-state index in [-0.39, 0.29) is 5.41 Å². The predicted molar refractivity (Wildman–Crippen MR) is 59.8 cm³/mol. The van der Waals surface area contributed by atoms with Crippen LogP contribution >= 0.6 is 0 Å². The molecule has 0 saturated carbocycles. The molecule has 0 spiro atoms. The van der Waals surface area contributed by atoms with Crippen molar-refractivity contribution in [3.05, 3.63) is 17.8 Å². The molecule has 1 aromatic heterocycles. The van der Waals surface area contributed by atoms with Gasteiger partial charge in [0.2, 0.25) is 5.89 Å². The average molecular weight is 208 g/mol. The molecular weight excluding hydrogens is 188 g/mol. The van der Waals surface area contributed by atoms with E-state index in [1.54, 1.807) is 0 Å². The third-order valence-corrected chi connectivity index (χ3v) is 2.87. The molecule has 2 heterocycles. The van der Waals surface area contributed by atoms with Crippen molar-refractivity contribution in [3.63, 3.8) is 0 Å². The standard InChI is InChI=1S/C12H20N2O/c1-12(2,3)10-8-14-11(15-10)9-6-4-5-7-13-9/h8-9,13H,4-7H2,1-3H3. The van der Waals surface area contributed by atoms with Gasteiger partial charge in [-0.25, -0.2) is 4.98 Å². The predicted octanol–water partition coefficient (Wildman–Crippen LogP) is 2.79. The van der Waals surface area contributed by atoms with E-state index in [0.29, 0.717) is 6.04 Å². The Morgan fingerprint density at radius 2 is 2.20 bits per heavy atom. The Bertz CT molecular complexity index is 319. The zero-order valence-corrected chi connectivity index (χ0v) is 9.84. The molecule has 1 aromatic rings. The highest BCUT2D eigenvalue weighted by Gasteiger charge is 2.23. The molecule has 0 amide bonds. The average Bonchev–Trinajstić information content (AvgIpc) is 2.67. The van der Waals surface area contributed by atoms with Crippen LogP contribution in [-0.2, 0) is 5.41 Å². The van der Waals surface area contributed by atoms with Crippen molar-refractivity contribution in [2.24, 2.45) is 0 Å². The second-order valence-corrected chi connectivity index (χ2v) is 5.32. The van der Waals surface area contributed by atoms with E-state index in [4.69, 9.17) is 4.42 Å². The Morgan fingerprint density at radius 1 is 1.40 bits per heavy atom. The van der Waals surface area contributed by atoms with E-state index < -0.39 is 0 Å². The fraction of sp³-hybridized carbons (Fsp3) is 0.750. The van der Waals surface area contributed by atoms with Gasteiger partial charge in [-0.2, -0.15) is 0 Å². The minimum absolute atomic E-state index is 0.0555. The second kappa shape index (κ2) is 3.97. The quantitative estimate of drug-likeness (QED) is 0.771. The Balaban J connectivity index is 2.12. The van der Waals surface area contributed by atoms with Gasteiger partial charge < -0.3 is 9.73 Å². The Labute approximate surface area is 91.3 Å². The first-order valence-electron chi connectivity index (χ1n) is 5.77. The summed E-state index contributed by atoms with van der Waals surface area (Å²) >= 11 is 0. The van der Waals surface area contributed by atoms with Crippen LogP contribution in [0.25, 0.3) is 0 Å². The highest BCUT2D eigenvalue weighted by atomic mass is 16.4. The summed E-state index contributed by atoms with van der Waals surface area (Å²) in [6.45, 7) is 7.51. The molecule has 1 aliphatic heterocycles. The number of oxazole rings is 1. The molecular formula is C12H20N2O. The van der Waals surface area contributed by atoms with Crippen molar-refractivity contribution in [1.29, 1.82) is 0 Å². The molecule has 2 rings (SSSR count). The molecule has 84 valence electrons. The zero-order chi connectivity index (χ0) is 10.9. The fourth-order valence-electron chi connectivity index (χ4n) is 1.86. The van der Waals surface area contributed by atoms with Crippen LogP contribution < -0.4 is 5.32 Å². The maximum absolute atomic E-state index is 5.81. The summed E-state index contributed by atoms with van der Waals surface area (Å²) in [5, 5.41) is 3.44. The van der Waals surface area contributed by atoms with Gasteiger partial charge in [0.05, 0.1) is 12.2 Å².